The van der Waals surface area contributed by atoms with Crippen LogP contribution in [0.3, 0.4) is 0 Å². The van der Waals surface area contributed by atoms with Crippen molar-refractivity contribution in [2.75, 3.05) is 19.6 Å². The lowest BCUT2D eigenvalue weighted by Gasteiger charge is -2.31. The molecule has 3 aromatic rings. The van der Waals surface area contributed by atoms with E-state index in [0.29, 0.717) is 22.6 Å². The van der Waals surface area contributed by atoms with E-state index in [9.17, 15) is 14.0 Å². The molecule has 1 aliphatic heterocycles. The highest BCUT2D eigenvalue weighted by molar-refractivity contribution is 6.00. The number of halogens is 1. The first-order chi connectivity index (χ1) is 15.5. The Morgan fingerprint density at radius 1 is 1.16 bits per heavy atom. The summed E-state index contributed by atoms with van der Waals surface area (Å²) < 4.78 is 19.8. The Morgan fingerprint density at radius 2 is 1.91 bits per heavy atom. The Labute approximate surface area is 186 Å². The molecule has 0 spiro atoms. The zero-order valence-electron chi connectivity index (χ0n) is 18.0. The minimum absolute atomic E-state index is 0.0624. The van der Waals surface area contributed by atoms with Gasteiger partial charge in [-0.05, 0) is 43.0 Å². The zero-order chi connectivity index (χ0) is 22.5. The van der Waals surface area contributed by atoms with Crippen LogP contribution in [0, 0.1) is 11.7 Å². The molecule has 166 valence electrons. The number of nitrogens with zero attached hydrogens (tertiary/aromatic N) is 2. The maximum Gasteiger partial charge on any atom is 0.252 e. The molecule has 1 aromatic heterocycles. The van der Waals surface area contributed by atoms with E-state index in [4.69, 9.17) is 4.42 Å². The van der Waals surface area contributed by atoms with Crippen molar-refractivity contribution in [2.45, 2.75) is 26.2 Å². The van der Waals surface area contributed by atoms with Crippen LogP contribution >= 0.6 is 0 Å². The average molecular weight is 435 g/mol. The van der Waals surface area contributed by atoms with Gasteiger partial charge < -0.3 is 14.6 Å². The highest BCUT2D eigenvalue weighted by Gasteiger charge is 2.21. The van der Waals surface area contributed by atoms with E-state index in [-0.39, 0.29) is 36.4 Å². The monoisotopic (exact) mass is 435 g/mol. The van der Waals surface area contributed by atoms with Gasteiger partial charge in [-0.15, -0.1) is 0 Å². The van der Waals surface area contributed by atoms with Crippen molar-refractivity contribution in [1.82, 2.24) is 15.2 Å². The minimum Gasteiger partial charge on any atom is -0.436 e. The van der Waals surface area contributed by atoms with Crippen molar-refractivity contribution in [2.24, 2.45) is 5.92 Å². The normalized spacial score (nSPS) is 16.1. The van der Waals surface area contributed by atoms with Gasteiger partial charge in [0, 0.05) is 31.6 Å². The molecule has 1 N–H and O–H groups in total. The van der Waals surface area contributed by atoms with Gasteiger partial charge in [0.2, 0.25) is 11.8 Å². The lowest BCUT2D eigenvalue weighted by molar-refractivity contribution is -0.132. The predicted octanol–water partition coefficient (Wildman–Crippen LogP) is 4.53. The zero-order valence-corrected chi connectivity index (χ0v) is 18.0. The van der Waals surface area contributed by atoms with Gasteiger partial charge in [-0.3, -0.25) is 9.59 Å². The van der Waals surface area contributed by atoms with Crippen LogP contribution in [0.4, 0.5) is 4.39 Å². The predicted molar refractivity (Wildman–Crippen MR) is 119 cm³/mol. The summed E-state index contributed by atoms with van der Waals surface area (Å²) in [4.78, 5) is 31.4. The lowest BCUT2D eigenvalue weighted by Crippen LogP contribution is -2.40. The molecule has 2 amide bonds. The quantitative estimate of drug-likeness (QED) is 0.617. The summed E-state index contributed by atoms with van der Waals surface area (Å²) in [6.45, 7) is 3.97. The van der Waals surface area contributed by atoms with Crippen LogP contribution in [-0.4, -0.2) is 41.3 Å². The van der Waals surface area contributed by atoms with E-state index in [1.807, 2.05) is 4.90 Å². The van der Waals surface area contributed by atoms with Gasteiger partial charge in [0.05, 0.1) is 17.3 Å². The van der Waals surface area contributed by atoms with Crippen LogP contribution < -0.4 is 5.32 Å². The van der Waals surface area contributed by atoms with Gasteiger partial charge in [-0.25, -0.2) is 9.37 Å². The fourth-order valence-electron chi connectivity index (χ4n) is 4.00. The van der Waals surface area contributed by atoms with Crippen molar-refractivity contribution in [3.8, 4) is 22.8 Å². The molecule has 1 unspecified atom stereocenters. The molecule has 1 saturated heterocycles. The van der Waals surface area contributed by atoms with Crippen LogP contribution in [0.2, 0.25) is 0 Å². The lowest BCUT2D eigenvalue weighted by atomic mass is 10.00. The highest BCUT2D eigenvalue weighted by Crippen LogP contribution is 2.29. The molecule has 2 heterocycles. The van der Waals surface area contributed by atoms with Crippen LogP contribution in [0.5, 0.6) is 0 Å². The van der Waals surface area contributed by atoms with Gasteiger partial charge in [0.15, 0.2) is 5.76 Å². The van der Waals surface area contributed by atoms with Gasteiger partial charge in [0.25, 0.3) is 5.91 Å². The van der Waals surface area contributed by atoms with Crippen molar-refractivity contribution in [3.63, 3.8) is 0 Å². The largest absolute Gasteiger partial charge is 0.436 e. The van der Waals surface area contributed by atoms with Crippen LogP contribution in [-0.2, 0) is 4.79 Å². The molecule has 0 bridgehead atoms. The number of hydrogen-bond donors (Lipinski definition) is 1. The number of likely N-dealkylation sites (tertiary alicyclic amines) is 1. The van der Waals surface area contributed by atoms with Gasteiger partial charge in [0.1, 0.15) is 5.82 Å². The van der Waals surface area contributed by atoms with Crippen molar-refractivity contribution in [3.05, 3.63) is 66.1 Å². The first-order valence-corrected chi connectivity index (χ1v) is 10.9. The number of carbonyl (C=O) groups is 2. The average Bonchev–Trinajstić information content (AvgIpc) is 3.29. The van der Waals surface area contributed by atoms with Gasteiger partial charge in [-0.2, -0.15) is 0 Å². The highest BCUT2D eigenvalue weighted by atomic mass is 19.1. The third-order valence-electron chi connectivity index (χ3n) is 5.68. The van der Waals surface area contributed by atoms with Crippen molar-refractivity contribution >= 4 is 11.8 Å². The van der Waals surface area contributed by atoms with E-state index < -0.39 is 5.82 Å². The molecule has 32 heavy (non-hydrogen) atoms. The fourth-order valence-corrected chi connectivity index (χ4v) is 4.00. The summed E-state index contributed by atoms with van der Waals surface area (Å²) in [6.07, 6.45) is 3.88. The third kappa shape index (κ3) is 4.88. The topological polar surface area (TPSA) is 75.4 Å². The summed E-state index contributed by atoms with van der Waals surface area (Å²) in [5, 5.41) is 2.82. The summed E-state index contributed by atoms with van der Waals surface area (Å²) in [6, 6.07) is 13.2. The number of aromatic nitrogens is 1. The number of rotatable bonds is 6. The molecule has 1 fully saturated rings. The Kier molecular flexibility index (Phi) is 6.63. The number of nitrogens with one attached hydrogen (secondary N) is 1. The van der Waals surface area contributed by atoms with Crippen molar-refractivity contribution < 1.29 is 18.4 Å². The number of carbonyl (C=O) groups excluding carboxylic acids is 2. The SMILES string of the molecule is CC1CCCN(C(=O)CCNC(=O)c2ccccc2-c2ncc(-c3ccccc3F)o2)C1. The van der Waals surface area contributed by atoms with E-state index in [0.717, 1.165) is 25.9 Å². The van der Waals surface area contributed by atoms with E-state index in [1.165, 1.54) is 12.3 Å². The molecule has 1 aliphatic rings. The summed E-state index contributed by atoms with van der Waals surface area (Å²) in [7, 11) is 0. The number of benzene rings is 2. The molecule has 6 nitrogen and oxygen atoms in total. The van der Waals surface area contributed by atoms with Crippen LogP contribution in [0.1, 0.15) is 36.5 Å². The van der Waals surface area contributed by atoms with E-state index >= 15 is 0 Å². The molecule has 7 heteroatoms. The smallest absolute Gasteiger partial charge is 0.252 e. The summed E-state index contributed by atoms with van der Waals surface area (Å²) >= 11 is 0. The van der Waals surface area contributed by atoms with E-state index in [2.05, 4.69) is 17.2 Å². The summed E-state index contributed by atoms with van der Waals surface area (Å²) in [5.41, 5.74) is 1.19. The van der Waals surface area contributed by atoms with Crippen molar-refractivity contribution in [1.29, 1.82) is 0 Å². The van der Waals surface area contributed by atoms with Gasteiger partial charge >= 0.3 is 0 Å². The number of piperidine rings is 1. The number of oxazole rings is 1. The molecular formula is C25H26FN3O3. The van der Waals surface area contributed by atoms with E-state index in [1.54, 1.807) is 42.5 Å². The van der Waals surface area contributed by atoms with Crippen LogP contribution in [0.15, 0.2) is 59.1 Å². The van der Waals surface area contributed by atoms with Gasteiger partial charge in [-0.1, -0.05) is 31.2 Å². The second kappa shape index (κ2) is 9.77. The van der Waals surface area contributed by atoms with Crippen LogP contribution in [0.25, 0.3) is 22.8 Å². The minimum atomic E-state index is -0.408. The Morgan fingerprint density at radius 3 is 2.69 bits per heavy atom. The summed E-state index contributed by atoms with van der Waals surface area (Å²) in [5.74, 6) is 0.374. The first kappa shape index (κ1) is 21.7. The number of amides is 2. The Hall–Kier alpha value is -3.48. The second-order valence-corrected chi connectivity index (χ2v) is 8.15. The second-order valence-electron chi connectivity index (χ2n) is 8.15. The molecule has 2 aromatic carbocycles. The molecule has 1 atom stereocenters. The molecule has 0 saturated carbocycles. The maximum atomic E-state index is 14.1. The Balaban J connectivity index is 1.43. The molecule has 4 rings (SSSR count). The molecular weight excluding hydrogens is 409 g/mol. The number of hydrogen-bond acceptors (Lipinski definition) is 4. The molecule has 0 radical (unpaired) electrons. The molecule has 0 aliphatic carbocycles. The standard InChI is InChI=1S/C25H26FN3O3/c1-17-7-6-14-29(16-17)23(30)12-13-27-24(31)18-8-2-3-9-19(18)25-28-15-22(32-25)20-10-4-5-11-21(20)26/h2-5,8-11,15,17H,6-7,12-14,16H2,1H3,(H,27,31). The Bertz CT molecular complexity index is 1110. The fraction of sp³-hybridized carbons (Fsp3) is 0.320. The first-order valence-electron chi connectivity index (χ1n) is 10.9. The third-order valence-corrected chi connectivity index (χ3v) is 5.68. The maximum absolute atomic E-state index is 14.1.